The van der Waals surface area contributed by atoms with Crippen molar-refractivity contribution >= 4 is 23.3 Å². The summed E-state index contributed by atoms with van der Waals surface area (Å²) in [4.78, 5) is 30.3. The van der Waals surface area contributed by atoms with E-state index in [4.69, 9.17) is 29.3 Å². The number of likely N-dealkylation sites (tertiary alicyclic amines) is 1. The molecule has 2 aromatic rings. The summed E-state index contributed by atoms with van der Waals surface area (Å²) in [5.41, 5.74) is 3.03. The van der Waals surface area contributed by atoms with Crippen LogP contribution in [0.15, 0.2) is 29.9 Å². The molecule has 4 heterocycles. The van der Waals surface area contributed by atoms with Gasteiger partial charge in [-0.15, -0.1) is 11.3 Å². The fourth-order valence-electron chi connectivity index (χ4n) is 3.76. The molecule has 0 radical (unpaired) electrons. The van der Waals surface area contributed by atoms with Crippen molar-refractivity contribution in [3.8, 4) is 5.88 Å². The highest BCUT2D eigenvalue weighted by molar-refractivity contribution is 7.09. The number of carbonyl (C=O) groups is 2. The number of aryl methyl sites for hydroxylation is 1. The summed E-state index contributed by atoms with van der Waals surface area (Å²) in [7, 11) is 0. The van der Waals surface area contributed by atoms with E-state index in [1.807, 2.05) is 23.7 Å². The molecule has 2 aromatic heterocycles. The minimum Gasteiger partial charge on any atom is -0.475 e. The number of piperidine rings is 1. The molecule has 212 valence electrons. The number of hydrogen-bond donors (Lipinski definition) is 2. The van der Waals surface area contributed by atoms with Gasteiger partial charge in [0.05, 0.1) is 23.4 Å². The van der Waals surface area contributed by atoms with Crippen LogP contribution in [0, 0.1) is 6.92 Å². The summed E-state index contributed by atoms with van der Waals surface area (Å²) in [6.07, 6.45) is -5.06. The van der Waals surface area contributed by atoms with E-state index in [0.29, 0.717) is 12.5 Å². The van der Waals surface area contributed by atoms with Gasteiger partial charge in [0.15, 0.2) is 0 Å². The molecule has 0 amide bonds. The molecule has 0 aliphatic carbocycles. The normalized spacial score (nSPS) is 21.6. The van der Waals surface area contributed by atoms with Crippen molar-refractivity contribution in [3.63, 3.8) is 0 Å². The average Bonchev–Trinajstić information content (AvgIpc) is 3.39. The molecule has 2 aliphatic rings. The van der Waals surface area contributed by atoms with E-state index in [9.17, 15) is 26.3 Å². The second-order valence-corrected chi connectivity index (χ2v) is 9.33. The Morgan fingerprint density at radius 1 is 1.16 bits per heavy atom. The van der Waals surface area contributed by atoms with Gasteiger partial charge in [0.2, 0.25) is 5.88 Å². The standard InChI is InChI=1S/C18H23N3O2S.2C2HF3O2/c1-14-16(24-13-20-14)10-21-8-4-6-18(12-21)9-15(11-22-18)23-17-5-2-3-7-19-17;2*3-2(4,5)1(6)7/h2-3,5,7,13,15H,4,6,8-12H2,1H3;2*(H,6,7)/t15-,18-;;/m0../s1. The Bertz CT molecular complexity index is 1030. The number of carboxylic acids is 2. The fourth-order valence-corrected chi connectivity index (χ4v) is 4.58. The molecule has 2 N–H and O–H groups in total. The molecule has 16 heteroatoms. The molecule has 4 rings (SSSR count). The highest BCUT2D eigenvalue weighted by Crippen LogP contribution is 2.36. The van der Waals surface area contributed by atoms with Gasteiger partial charge in [0, 0.05) is 36.7 Å². The van der Waals surface area contributed by atoms with Gasteiger partial charge in [-0.3, -0.25) is 4.90 Å². The van der Waals surface area contributed by atoms with Crippen LogP contribution in [0.2, 0.25) is 0 Å². The van der Waals surface area contributed by atoms with Gasteiger partial charge >= 0.3 is 24.3 Å². The molecule has 1 spiro atoms. The molecule has 2 saturated heterocycles. The lowest BCUT2D eigenvalue weighted by atomic mass is 9.89. The number of rotatable bonds is 4. The van der Waals surface area contributed by atoms with Crippen LogP contribution in [-0.2, 0) is 20.9 Å². The summed E-state index contributed by atoms with van der Waals surface area (Å²) in [5, 5.41) is 14.2. The van der Waals surface area contributed by atoms with Crippen LogP contribution in [0.5, 0.6) is 5.88 Å². The zero-order valence-electron chi connectivity index (χ0n) is 20.0. The Balaban J connectivity index is 0.000000301. The first-order valence-corrected chi connectivity index (χ1v) is 11.9. The van der Waals surface area contributed by atoms with Crippen LogP contribution >= 0.6 is 11.3 Å². The van der Waals surface area contributed by atoms with Crippen LogP contribution in [0.25, 0.3) is 0 Å². The Morgan fingerprint density at radius 3 is 2.29 bits per heavy atom. The van der Waals surface area contributed by atoms with E-state index < -0.39 is 24.3 Å². The summed E-state index contributed by atoms with van der Waals surface area (Å²) in [5.74, 6) is -4.82. The second kappa shape index (κ2) is 13.2. The molecule has 2 atom stereocenters. The number of hydrogen-bond acceptors (Lipinski definition) is 8. The zero-order chi connectivity index (χ0) is 28.6. The van der Waals surface area contributed by atoms with Gasteiger partial charge in [0.25, 0.3) is 0 Å². The third-order valence-corrected chi connectivity index (χ3v) is 6.34. The second-order valence-electron chi connectivity index (χ2n) is 8.39. The number of aliphatic carboxylic acids is 2. The van der Waals surface area contributed by atoms with Crippen molar-refractivity contribution in [2.75, 3.05) is 19.7 Å². The fraction of sp³-hybridized carbons (Fsp3) is 0.545. The molecule has 38 heavy (non-hydrogen) atoms. The highest BCUT2D eigenvalue weighted by atomic mass is 32.1. The number of thiazole rings is 1. The summed E-state index contributed by atoms with van der Waals surface area (Å²) >= 11 is 1.75. The first-order valence-electron chi connectivity index (χ1n) is 11.0. The van der Waals surface area contributed by atoms with Gasteiger partial charge in [-0.2, -0.15) is 26.3 Å². The lowest BCUT2D eigenvalue weighted by Gasteiger charge is -2.39. The van der Waals surface area contributed by atoms with Crippen LogP contribution in [0.1, 0.15) is 29.8 Å². The summed E-state index contributed by atoms with van der Waals surface area (Å²) in [6.45, 7) is 5.84. The van der Waals surface area contributed by atoms with E-state index >= 15 is 0 Å². The van der Waals surface area contributed by atoms with Crippen molar-refractivity contribution in [2.45, 2.75) is 56.8 Å². The Kier molecular flexibility index (Phi) is 10.8. The molecule has 0 saturated carbocycles. The molecule has 0 bridgehead atoms. The maximum Gasteiger partial charge on any atom is 0.490 e. The monoisotopic (exact) mass is 573 g/mol. The van der Waals surface area contributed by atoms with E-state index in [1.54, 1.807) is 17.5 Å². The van der Waals surface area contributed by atoms with Gasteiger partial charge in [0.1, 0.15) is 6.10 Å². The van der Waals surface area contributed by atoms with Crippen molar-refractivity contribution in [1.29, 1.82) is 0 Å². The predicted molar refractivity (Wildman–Crippen MR) is 121 cm³/mol. The van der Waals surface area contributed by atoms with E-state index in [1.165, 1.54) is 11.3 Å². The number of halogens is 6. The van der Waals surface area contributed by atoms with Gasteiger partial charge in [-0.05, 0) is 32.4 Å². The number of pyridine rings is 1. The van der Waals surface area contributed by atoms with E-state index in [2.05, 4.69) is 21.8 Å². The third-order valence-electron chi connectivity index (χ3n) is 5.42. The SMILES string of the molecule is Cc1ncsc1CN1CCC[C@]2(C[C@H](Oc3ccccn3)CO2)C1.O=C(O)C(F)(F)F.O=C(O)C(F)(F)F. The van der Waals surface area contributed by atoms with Crippen LogP contribution in [0.4, 0.5) is 26.3 Å². The minimum absolute atomic E-state index is 0.0592. The van der Waals surface area contributed by atoms with Crippen LogP contribution < -0.4 is 4.74 Å². The third kappa shape index (κ3) is 10.1. The molecular formula is C22H25F6N3O6S. The Morgan fingerprint density at radius 2 is 1.79 bits per heavy atom. The number of nitrogens with zero attached hydrogens (tertiary/aromatic N) is 3. The number of ether oxygens (including phenoxy) is 2. The molecule has 9 nitrogen and oxygen atoms in total. The lowest BCUT2D eigenvalue weighted by Crippen LogP contribution is -2.47. The van der Waals surface area contributed by atoms with Gasteiger partial charge < -0.3 is 19.7 Å². The minimum atomic E-state index is -5.08. The topological polar surface area (TPSA) is 122 Å². The Labute approximate surface area is 217 Å². The molecule has 0 unspecified atom stereocenters. The highest BCUT2D eigenvalue weighted by Gasteiger charge is 2.44. The van der Waals surface area contributed by atoms with Crippen molar-refractivity contribution in [2.24, 2.45) is 0 Å². The van der Waals surface area contributed by atoms with Crippen molar-refractivity contribution in [1.82, 2.24) is 14.9 Å². The summed E-state index contributed by atoms with van der Waals surface area (Å²) in [6, 6.07) is 5.76. The lowest BCUT2D eigenvalue weighted by molar-refractivity contribution is -0.193. The van der Waals surface area contributed by atoms with E-state index in [-0.39, 0.29) is 11.7 Å². The first-order chi connectivity index (χ1) is 17.6. The average molecular weight is 574 g/mol. The van der Waals surface area contributed by atoms with Crippen molar-refractivity contribution in [3.05, 3.63) is 40.5 Å². The Hall–Kier alpha value is -2.98. The van der Waals surface area contributed by atoms with Gasteiger partial charge in [-0.25, -0.2) is 19.6 Å². The summed E-state index contributed by atoms with van der Waals surface area (Å²) < 4.78 is 75.7. The predicted octanol–water partition coefficient (Wildman–Crippen LogP) is 4.32. The van der Waals surface area contributed by atoms with Crippen LogP contribution in [-0.4, -0.2) is 80.8 Å². The smallest absolute Gasteiger partial charge is 0.475 e. The molecular weight excluding hydrogens is 548 g/mol. The van der Waals surface area contributed by atoms with Crippen LogP contribution in [0.3, 0.4) is 0 Å². The van der Waals surface area contributed by atoms with Crippen molar-refractivity contribution < 1.29 is 55.6 Å². The quantitative estimate of drug-likeness (QED) is 0.515. The first kappa shape index (κ1) is 31.2. The number of alkyl halides is 6. The van der Waals surface area contributed by atoms with Gasteiger partial charge in [-0.1, -0.05) is 6.07 Å². The molecule has 2 fully saturated rings. The van der Waals surface area contributed by atoms with E-state index in [0.717, 1.165) is 38.2 Å². The molecule has 2 aliphatic heterocycles. The molecule has 0 aromatic carbocycles. The number of carboxylic acid groups (broad SMARTS) is 2. The maximum atomic E-state index is 10.6. The zero-order valence-corrected chi connectivity index (χ0v) is 20.8. The maximum absolute atomic E-state index is 10.6. The largest absolute Gasteiger partial charge is 0.490 e. The number of aromatic nitrogens is 2.